The molecule has 0 atom stereocenters. The molecule has 23 heavy (non-hydrogen) atoms. The Labute approximate surface area is 139 Å². The molecule has 6 nitrogen and oxygen atoms in total. The quantitative estimate of drug-likeness (QED) is 0.639. The Kier molecular flexibility index (Phi) is 5.46. The Morgan fingerprint density at radius 1 is 1.09 bits per heavy atom. The van der Waals surface area contributed by atoms with E-state index in [1.807, 2.05) is 0 Å². The number of methoxy groups -OCH3 is 2. The summed E-state index contributed by atoms with van der Waals surface area (Å²) in [4.78, 5) is 2.25. The fraction of sp³-hybridized carbons (Fsp3) is 0.133. The van der Waals surface area contributed by atoms with Gasteiger partial charge in [0.15, 0.2) is 11.5 Å². The fourth-order valence-electron chi connectivity index (χ4n) is 1.82. The monoisotopic (exact) mass is 354 g/mol. The van der Waals surface area contributed by atoms with Crippen molar-refractivity contribution in [3.8, 4) is 11.5 Å². The zero-order valence-corrected chi connectivity index (χ0v) is 14.1. The predicted molar refractivity (Wildman–Crippen MR) is 88.9 cm³/mol. The van der Waals surface area contributed by atoms with Crippen LogP contribution in [-0.2, 0) is 10.0 Å². The highest BCUT2D eigenvalue weighted by atomic mass is 35.5. The number of hydrazone groups is 1. The minimum atomic E-state index is -3.72. The summed E-state index contributed by atoms with van der Waals surface area (Å²) < 4.78 is 34.3. The molecule has 0 aliphatic carbocycles. The summed E-state index contributed by atoms with van der Waals surface area (Å²) in [6.45, 7) is 0. The van der Waals surface area contributed by atoms with Gasteiger partial charge in [-0.15, -0.1) is 0 Å². The van der Waals surface area contributed by atoms with E-state index in [0.29, 0.717) is 17.1 Å². The molecule has 0 aromatic heterocycles. The van der Waals surface area contributed by atoms with E-state index in [1.54, 1.807) is 30.3 Å². The molecule has 2 aromatic carbocycles. The van der Waals surface area contributed by atoms with Crippen LogP contribution in [0.15, 0.2) is 52.5 Å². The maximum absolute atomic E-state index is 12.0. The molecule has 0 amide bonds. The minimum Gasteiger partial charge on any atom is -0.493 e. The van der Waals surface area contributed by atoms with Crippen LogP contribution in [0, 0.1) is 0 Å². The molecule has 0 bridgehead atoms. The van der Waals surface area contributed by atoms with Crippen molar-refractivity contribution in [2.75, 3.05) is 14.2 Å². The molecule has 2 aromatic rings. The maximum atomic E-state index is 12.0. The van der Waals surface area contributed by atoms with Crippen molar-refractivity contribution in [2.45, 2.75) is 4.90 Å². The summed E-state index contributed by atoms with van der Waals surface area (Å²) in [6.07, 6.45) is 1.30. The highest BCUT2D eigenvalue weighted by molar-refractivity contribution is 7.89. The molecule has 0 heterocycles. The second kappa shape index (κ2) is 7.34. The lowest BCUT2D eigenvalue weighted by molar-refractivity contribution is 0.355. The molecular weight excluding hydrogens is 340 g/mol. The zero-order chi connectivity index (χ0) is 16.9. The highest BCUT2D eigenvalue weighted by Gasteiger charge is 2.13. The van der Waals surface area contributed by atoms with Crippen LogP contribution in [0.25, 0.3) is 0 Å². The molecule has 1 N–H and O–H groups in total. The first-order valence-corrected chi connectivity index (χ1v) is 8.36. The number of benzene rings is 2. The summed E-state index contributed by atoms with van der Waals surface area (Å²) in [6, 6.07) is 11.2. The van der Waals surface area contributed by atoms with Gasteiger partial charge in [0, 0.05) is 5.56 Å². The first-order valence-electron chi connectivity index (χ1n) is 6.50. The Morgan fingerprint density at radius 3 is 2.39 bits per heavy atom. The predicted octanol–water partition coefficient (Wildman–Crippen LogP) is 2.67. The normalized spacial score (nSPS) is 11.4. The first-order chi connectivity index (χ1) is 11.0. The van der Waals surface area contributed by atoms with E-state index in [1.165, 1.54) is 32.6 Å². The lowest BCUT2D eigenvalue weighted by Crippen LogP contribution is -2.18. The van der Waals surface area contributed by atoms with Gasteiger partial charge >= 0.3 is 0 Å². The Morgan fingerprint density at radius 2 is 1.78 bits per heavy atom. The Balaban J connectivity index is 2.22. The van der Waals surface area contributed by atoms with Crippen molar-refractivity contribution in [3.63, 3.8) is 0 Å². The van der Waals surface area contributed by atoms with Crippen LogP contribution in [0.3, 0.4) is 0 Å². The summed E-state index contributed by atoms with van der Waals surface area (Å²) in [5.74, 6) is 0.823. The second-order valence-corrected chi connectivity index (χ2v) is 6.41. The number of halogens is 1. The van der Waals surface area contributed by atoms with Gasteiger partial charge in [0.05, 0.1) is 30.4 Å². The summed E-state index contributed by atoms with van der Waals surface area (Å²) in [7, 11) is -0.762. The standard InChI is InChI=1S/C15H15ClN2O4S/c1-21-13-9-8-11(14(16)15(13)22-2)10-17-18-23(19,20)12-6-4-3-5-7-12/h3-10,18H,1-2H3/b17-10+. The lowest BCUT2D eigenvalue weighted by atomic mass is 10.2. The summed E-state index contributed by atoms with van der Waals surface area (Å²) in [5.41, 5.74) is 0.486. The molecule has 0 aliphatic rings. The van der Waals surface area contributed by atoms with Crippen LogP contribution in [0.5, 0.6) is 11.5 Å². The number of hydrogen-bond donors (Lipinski definition) is 1. The largest absolute Gasteiger partial charge is 0.493 e. The van der Waals surface area contributed by atoms with E-state index in [0.717, 1.165) is 0 Å². The van der Waals surface area contributed by atoms with Gasteiger partial charge in [-0.05, 0) is 24.3 Å². The number of ether oxygens (including phenoxy) is 2. The molecule has 0 saturated carbocycles. The smallest absolute Gasteiger partial charge is 0.276 e. The number of rotatable bonds is 6. The van der Waals surface area contributed by atoms with Gasteiger partial charge in [0.1, 0.15) is 0 Å². The number of nitrogens with zero attached hydrogens (tertiary/aromatic N) is 1. The average molecular weight is 355 g/mol. The van der Waals surface area contributed by atoms with Crippen LogP contribution < -0.4 is 14.3 Å². The van der Waals surface area contributed by atoms with Crippen LogP contribution in [-0.4, -0.2) is 28.9 Å². The SMILES string of the molecule is COc1ccc(/C=N/NS(=O)(=O)c2ccccc2)c(Cl)c1OC. The van der Waals surface area contributed by atoms with E-state index in [2.05, 4.69) is 9.93 Å². The van der Waals surface area contributed by atoms with E-state index < -0.39 is 10.0 Å². The maximum Gasteiger partial charge on any atom is 0.276 e. The molecule has 2 rings (SSSR count). The lowest BCUT2D eigenvalue weighted by Gasteiger charge is -2.10. The second-order valence-electron chi connectivity index (χ2n) is 4.37. The van der Waals surface area contributed by atoms with Gasteiger partial charge in [0.25, 0.3) is 10.0 Å². The van der Waals surface area contributed by atoms with Crippen LogP contribution in [0.2, 0.25) is 5.02 Å². The van der Waals surface area contributed by atoms with Crippen LogP contribution in [0.1, 0.15) is 5.56 Å². The van der Waals surface area contributed by atoms with E-state index in [4.69, 9.17) is 21.1 Å². The molecule has 122 valence electrons. The molecule has 0 unspecified atom stereocenters. The van der Waals surface area contributed by atoms with Crippen molar-refractivity contribution in [1.29, 1.82) is 0 Å². The summed E-state index contributed by atoms with van der Waals surface area (Å²) >= 11 is 6.19. The van der Waals surface area contributed by atoms with Crippen molar-refractivity contribution in [1.82, 2.24) is 4.83 Å². The third-order valence-electron chi connectivity index (χ3n) is 2.94. The van der Waals surface area contributed by atoms with E-state index in [-0.39, 0.29) is 9.92 Å². The third kappa shape index (κ3) is 3.94. The van der Waals surface area contributed by atoms with Crippen molar-refractivity contribution >= 4 is 27.8 Å². The molecule has 0 saturated heterocycles. The van der Waals surface area contributed by atoms with Crippen molar-refractivity contribution in [2.24, 2.45) is 5.10 Å². The van der Waals surface area contributed by atoms with Gasteiger partial charge in [-0.2, -0.15) is 13.5 Å². The molecule has 0 radical (unpaired) electrons. The van der Waals surface area contributed by atoms with Crippen molar-refractivity contribution in [3.05, 3.63) is 53.1 Å². The van der Waals surface area contributed by atoms with Crippen LogP contribution in [0.4, 0.5) is 0 Å². The zero-order valence-electron chi connectivity index (χ0n) is 12.5. The molecule has 8 heteroatoms. The number of hydrogen-bond acceptors (Lipinski definition) is 5. The first kappa shape index (κ1) is 17.1. The number of sulfonamides is 1. The molecule has 0 spiro atoms. The topological polar surface area (TPSA) is 77.0 Å². The Hall–Kier alpha value is -2.25. The van der Waals surface area contributed by atoms with Crippen LogP contribution >= 0.6 is 11.6 Å². The van der Waals surface area contributed by atoms with Gasteiger partial charge in [-0.25, -0.2) is 4.83 Å². The van der Waals surface area contributed by atoms with Gasteiger partial charge in [-0.3, -0.25) is 0 Å². The fourth-order valence-corrected chi connectivity index (χ4v) is 2.92. The molecule has 0 aliphatic heterocycles. The highest BCUT2D eigenvalue weighted by Crippen LogP contribution is 2.36. The van der Waals surface area contributed by atoms with E-state index >= 15 is 0 Å². The third-order valence-corrected chi connectivity index (χ3v) is 4.57. The number of nitrogens with one attached hydrogen (secondary N) is 1. The minimum absolute atomic E-state index is 0.121. The van der Waals surface area contributed by atoms with Gasteiger partial charge < -0.3 is 9.47 Å². The molecular formula is C15H15ClN2O4S. The van der Waals surface area contributed by atoms with Gasteiger partial charge in [-0.1, -0.05) is 29.8 Å². The van der Waals surface area contributed by atoms with Crippen molar-refractivity contribution < 1.29 is 17.9 Å². The Bertz CT molecular complexity index is 808. The average Bonchev–Trinajstić information content (AvgIpc) is 2.56. The van der Waals surface area contributed by atoms with E-state index in [9.17, 15) is 8.42 Å². The summed E-state index contributed by atoms with van der Waals surface area (Å²) in [5, 5.41) is 4.01. The molecule has 0 fully saturated rings. The van der Waals surface area contributed by atoms with Gasteiger partial charge in [0.2, 0.25) is 0 Å².